The summed E-state index contributed by atoms with van der Waals surface area (Å²) in [6, 6.07) is 4.78. The molecule has 0 aliphatic heterocycles. The van der Waals surface area contributed by atoms with E-state index in [1.165, 1.54) is 12.1 Å². The van der Waals surface area contributed by atoms with Crippen molar-refractivity contribution in [3.63, 3.8) is 0 Å². The van der Waals surface area contributed by atoms with Gasteiger partial charge >= 0.3 is 0 Å². The van der Waals surface area contributed by atoms with Crippen molar-refractivity contribution < 1.29 is 21.2 Å². The minimum Gasteiger partial charge on any atom is -0.229 e. The molecule has 1 rings (SSSR count). The fourth-order valence-electron chi connectivity index (χ4n) is 1.46. The van der Waals surface area contributed by atoms with Crippen LogP contribution in [0.5, 0.6) is 0 Å². The molecule has 0 saturated heterocycles. The molecule has 9 heteroatoms. The van der Waals surface area contributed by atoms with Crippen molar-refractivity contribution in [3.05, 3.63) is 29.6 Å². The summed E-state index contributed by atoms with van der Waals surface area (Å²) < 4.78 is 61.1. The van der Waals surface area contributed by atoms with E-state index in [2.05, 4.69) is 4.72 Å². The van der Waals surface area contributed by atoms with Gasteiger partial charge in [0.05, 0.1) is 5.75 Å². The van der Waals surface area contributed by atoms with Crippen LogP contribution in [0.2, 0.25) is 0 Å². The van der Waals surface area contributed by atoms with Crippen LogP contribution in [0.25, 0.3) is 0 Å². The Kier molecular flexibility index (Phi) is 5.21. The summed E-state index contributed by atoms with van der Waals surface area (Å²) >= 11 is 0. The average molecular weight is 320 g/mol. The van der Waals surface area contributed by atoms with Crippen molar-refractivity contribution in [3.8, 4) is 6.07 Å². The number of rotatable bonds is 6. The lowest BCUT2D eigenvalue weighted by Crippen LogP contribution is -2.27. The fraction of sp³-hybridized carbons (Fsp3) is 0.364. The highest BCUT2D eigenvalue weighted by Crippen LogP contribution is 2.17. The predicted octanol–water partition coefficient (Wildman–Crippen LogP) is 0.410. The van der Waals surface area contributed by atoms with Gasteiger partial charge in [0, 0.05) is 12.8 Å². The Morgan fingerprint density at radius 2 is 1.95 bits per heavy atom. The molecule has 0 unspecified atom stereocenters. The van der Waals surface area contributed by atoms with E-state index >= 15 is 0 Å². The van der Waals surface area contributed by atoms with E-state index in [4.69, 9.17) is 5.26 Å². The van der Waals surface area contributed by atoms with Gasteiger partial charge in [0.2, 0.25) is 10.0 Å². The highest BCUT2D eigenvalue weighted by Gasteiger charge is 2.20. The quantitative estimate of drug-likeness (QED) is 0.765. The maximum absolute atomic E-state index is 13.3. The van der Waals surface area contributed by atoms with Crippen LogP contribution in [-0.4, -0.2) is 35.4 Å². The number of sulfone groups is 1. The monoisotopic (exact) mass is 320 g/mol. The lowest BCUT2D eigenvalue weighted by atomic mass is 10.2. The summed E-state index contributed by atoms with van der Waals surface area (Å²) in [6.07, 6.45) is 1.14. The molecular weight excluding hydrogens is 307 g/mol. The van der Waals surface area contributed by atoms with Gasteiger partial charge in [0.15, 0.2) is 0 Å². The Morgan fingerprint density at radius 3 is 2.50 bits per heavy atom. The summed E-state index contributed by atoms with van der Waals surface area (Å²) in [5.41, 5.74) is -0.567. The normalized spacial score (nSPS) is 12.1. The molecule has 0 radical (unpaired) electrons. The second-order valence-electron chi connectivity index (χ2n) is 4.11. The van der Waals surface area contributed by atoms with Gasteiger partial charge in [0.1, 0.15) is 32.2 Å². The van der Waals surface area contributed by atoms with Crippen LogP contribution in [-0.2, 0) is 19.9 Å². The van der Waals surface area contributed by atoms with Crippen molar-refractivity contribution in [2.45, 2.75) is 11.3 Å². The minimum atomic E-state index is -4.05. The van der Waals surface area contributed by atoms with Crippen molar-refractivity contribution in [2.75, 3.05) is 18.6 Å². The van der Waals surface area contributed by atoms with Crippen LogP contribution in [0.3, 0.4) is 0 Å². The standard InChI is InChI=1S/C11H13FN2O4S2/c1-19(15,16)7-3-6-14-20(17,18)11-5-2-4-10(12)9(11)8-13/h2,4-5,14H,3,6-7H2,1H3. The fourth-order valence-corrected chi connectivity index (χ4v) is 3.36. The molecule has 0 bridgehead atoms. The zero-order chi connectivity index (χ0) is 15.4. The zero-order valence-corrected chi connectivity index (χ0v) is 12.3. The van der Waals surface area contributed by atoms with Gasteiger partial charge in [-0.25, -0.2) is 25.9 Å². The maximum atomic E-state index is 13.3. The van der Waals surface area contributed by atoms with E-state index in [1.807, 2.05) is 0 Å². The first-order valence-electron chi connectivity index (χ1n) is 5.53. The first-order valence-corrected chi connectivity index (χ1v) is 9.08. The summed E-state index contributed by atoms with van der Waals surface area (Å²) in [5, 5.41) is 8.78. The molecule has 1 aromatic rings. The molecule has 0 amide bonds. The Labute approximate surface area is 117 Å². The second kappa shape index (κ2) is 6.30. The Balaban J connectivity index is 2.86. The molecule has 1 N–H and O–H groups in total. The molecule has 0 aliphatic carbocycles. The summed E-state index contributed by atoms with van der Waals surface area (Å²) in [4.78, 5) is -0.459. The van der Waals surface area contributed by atoms with E-state index in [-0.39, 0.29) is 18.7 Å². The van der Waals surface area contributed by atoms with E-state index in [0.29, 0.717) is 0 Å². The predicted molar refractivity (Wildman–Crippen MR) is 70.6 cm³/mol. The third kappa shape index (κ3) is 4.56. The molecule has 110 valence electrons. The number of nitriles is 1. The molecule has 0 heterocycles. The molecule has 0 saturated carbocycles. The molecule has 0 spiro atoms. The molecule has 20 heavy (non-hydrogen) atoms. The molecule has 1 aromatic carbocycles. The van der Waals surface area contributed by atoms with Gasteiger partial charge in [-0.05, 0) is 18.6 Å². The smallest absolute Gasteiger partial charge is 0.229 e. The van der Waals surface area contributed by atoms with Crippen LogP contribution >= 0.6 is 0 Å². The topological polar surface area (TPSA) is 104 Å². The number of halogens is 1. The van der Waals surface area contributed by atoms with Gasteiger partial charge in [-0.15, -0.1) is 0 Å². The largest absolute Gasteiger partial charge is 0.241 e. The van der Waals surface area contributed by atoms with Crippen molar-refractivity contribution in [1.29, 1.82) is 5.26 Å². The van der Waals surface area contributed by atoms with Crippen LogP contribution in [0.1, 0.15) is 12.0 Å². The number of hydrogen-bond donors (Lipinski definition) is 1. The third-order valence-electron chi connectivity index (χ3n) is 2.36. The summed E-state index contributed by atoms with van der Waals surface area (Å²) in [5.74, 6) is -1.09. The molecular formula is C11H13FN2O4S2. The van der Waals surface area contributed by atoms with Gasteiger partial charge in [-0.2, -0.15) is 5.26 Å². The van der Waals surface area contributed by atoms with Crippen molar-refractivity contribution >= 4 is 19.9 Å². The highest BCUT2D eigenvalue weighted by atomic mass is 32.2. The first kappa shape index (κ1) is 16.6. The van der Waals surface area contributed by atoms with Crippen LogP contribution in [0.15, 0.2) is 23.1 Å². The SMILES string of the molecule is CS(=O)(=O)CCCNS(=O)(=O)c1cccc(F)c1C#N. The van der Waals surface area contributed by atoms with Crippen molar-refractivity contribution in [1.82, 2.24) is 4.72 Å². The number of sulfonamides is 1. The Hall–Kier alpha value is -1.50. The van der Waals surface area contributed by atoms with Gasteiger partial charge in [-0.3, -0.25) is 0 Å². The minimum absolute atomic E-state index is 0.0925. The number of hydrogen-bond acceptors (Lipinski definition) is 5. The second-order valence-corrected chi connectivity index (χ2v) is 8.10. The molecule has 6 nitrogen and oxygen atoms in total. The van der Waals surface area contributed by atoms with Gasteiger partial charge in [0.25, 0.3) is 0 Å². The highest BCUT2D eigenvalue weighted by molar-refractivity contribution is 7.90. The lowest BCUT2D eigenvalue weighted by Gasteiger charge is -2.08. The average Bonchev–Trinajstić information content (AvgIpc) is 2.33. The Morgan fingerprint density at radius 1 is 1.30 bits per heavy atom. The van der Waals surface area contributed by atoms with E-state index in [0.717, 1.165) is 18.4 Å². The first-order chi connectivity index (χ1) is 9.17. The van der Waals surface area contributed by atoms with Crippen LogP contribution in [0, 0.1) is 17.1 Å². The van der Waals surface area contributed by atoms with E-state index < -0.39 is 36.1 Å². The van der Waals surface area contributed by atoms with Crippen molar-refractivity contribution in [2.24, 2.45) is 0 Å². The number of nitrogens with one attached hydrogen (secondary N) is 1. The van der Waals surface area contributed by atoms with Gasteiger partial charge in [-0.1, -0.05) is 6.07 Å². The molecule has 0 aromatic heterocycles. The van der Waals surface area contributed by atoms with E-state index in [9.17, 15) is 21.2 Å². The lowest BCUT2D eigenvalue weighted by molar-refractivity contribution is 0.573. The molecule has 0 fully saturated rings. The zero-order valence-electron chi connectivity index (χ0n) is 10.6. The van der Waals surface area contributed by atoms with Gasteiger partial charge < -0.3 is 0 Å². The number of benzene rings is 1. The van der Waals surface area contributed by atoms with Crippen LogP contribution in [0.4, 0.5) is 4.39 Å². The third-order valence-corrected chi connectivity index (χ3v) is 4.89. The Bertz CT molecular complexity index is 736. The summed E-state index contributed by atoms with van der Waals surface area (Å²) in [7, 11) is -7.22. The molecule has 0 atom stereocenters. The summed E-state index contributed by atoms with van der Waals surface area (Å²) in [6.45, 7) is -0.114. The van der Waals surface area contributed by atoms with Crippen LogP contribution < -0.4 is 4.72 Å². The van der Waals surface area contributed by atoms with E-state index in [1.54, 1.807) is 0 Å². The maximum Gasteiger partial charge on any atom is 0.241 e. The molecule has 0 aliphatic rings. The number of nitrogens with zero attached hydrogens (tertiary/aromatic N) is 1.